The first kappa shape index (κ1) is 13.0. The Morgan fingerprint density at radius 3 is 2.89 bits per heavy atom. The van der Waals surface area contributed by atoms with Gasteiger partial charge in [0, 0.05) is 16.4 Å². The lowest BCUT2D eigenvalue weighted by atomic mass is 9.92. The quantitative estimate of drug-likeness (QED) is 0.850. The second-order valence-corrected chi connectivity index (χ2v) is 6.47. The predicted molar refractivity (Wildman–Crippen MR) is 77.8 cm³/mol. The molecule has 0 saturated heterocycles. The lowest BCUT2D eigenvalue weighted by molar-refractivity contribution is -0.123. The summed E-state index contributed by atoms with van der Waals surface area (Å²) in [6, 6.07) is 8.14. The third kappa shape index (κ3) is 2.64. The van der Waals surface area contributed by atoms with E-state index in [4.69, 9.17) is 4.74 Å². The van der Waals surface area contributed by atoms with Crippen LogP contribution in [-0.4, -0.2) is 23.4 Å². The van der Waals surface area contributed by atoms with Crippen molar-refractivity contribution in [1.29, 1.82) is 0 Å². The fraction of sp³-hybridized carbons (Fsp3) is 0.533. The molecule has 3 unspecified atom stereocenters. The first-order valence-electron chi connectivity index (χ1n) is 6.92. The van der Waals surface area contributed by atoms with E-state index in [1.165, 1.54) is 6.42 Å². The van der Waals surface area contributed by atoms with Crippen LogP contribution < -0.4 is 10.1 Å². The average molecular weight is 324 g/mol. The van der Waals surface area contributed by atoms with Gasteiger partial charge in [-0.15, -0.1) is 0 Å². The number of alkyl halides is 1. The molecule has 0 bridgehead atoms. The Labute approximate surface area is 121 Å². The van der Waals surface area contributed by atoms with Crippen LogP contribution in [0.2, 0.25) is 0 Å². The largest absolute Gasteiger partial charge is 0.493 e. The zero-order valence-corrected chi connectivity index (χ0v) is 12.4. The Bertz CT molecular complexity index is 477. The van der Waals surface area contributed by atoms with Gasteiger partial charge >= 0.3 is 0 Å². The highest BCUT2D eigenvalue weighted by molar-refractivity contribution is 9.09. The van der Waals surface area contributed by atoms with E-state index in [-0.39, 0.29) is 17.9 Å². The molecular formula is C15H18BrNO2. The van der Waals surface area contributed by atoms with Gasteiger partial charge in [-0.3, -0.25) is 4.79 Å². The summed E-state index contributed by atoms with van der Waals surface area (Å²) in [5.41, 5.74) is 1.02. The molecule has 1 fully saturated rings. The number of nitrogens with one attached hydrogen (secondary N) is 1. The van der Waals surface area contributed by atoms with Crippen molar-refractivity contribution in [1.82, 2.24) is 5.32 Å². The van der Waals surface area contributed by atoms with Crippen molar-refractivity contribution in [3.63, 3.8) is 0 Å². The summed E-state index contributed by atoms with van der Waals surface area (Å²) in [6.07, 6.45) is 4.18. The molecule has 1 aliphatic carbocycles. The van der Waals surface area contributed by atoms with Crippen molar-refractivity contribution < 1.29 is 9.53 Å². The molecule has 102 valence electrons. The molecule has 1 heterocycles. The van der Waals surface area contributed by atoms with Gasteiger partial charge in [0.2, 0.25) is 5.91 Å². The van der Waals surface area contributed by atoms with Crippen LogP contribution in [-0.2, 0) is 4.79 Å². The van der Waals surface area contributed by atoms with Crippen LogP contribution in [0.4, 0.5) is 0 Å². The van der Waals surface area contributed by atoms with Gasteiger partial charge in [0.25, 0.3) is 0 Å². The highest BCUT2D eigenvalue weighted by Gasteiger charge is 2.32. The van der Waals surface area contributed by atoms with E-state index in [0.717, 1.165) is 30.6 Å². The van der Waals surface area contributed by atoms with Gasteiger partial charge in [0.1, 0.15) is 5.75 Å². The molecule has 1 aromatic rings. The number of fused-ring (bicyclic) bond motifs is 1. The van der Waals surface area contributed by atoms with Crippen LogP contribution in [0.25, 0.3) is 0 Å². The van der Waals surface area contributed by atoms with Gasteiger partial charge in [-0.25, -0.2) is 0 Å². The van der Waals surface area contributed by atoms with Gasteiger partial charge in [0.15, 0.2) is 0 Å². The van der Waals surface area contributed by atoms with Gasteiger partial charge in [-0.05, 0) is 25.3 Å². The summed E-state index contributed by atoms with van der Waals surface area (Å²) < 4.78 is 5.61. The molecule has 0 aromatic heterocycles. The lowest BCUT2D eigenvalue weighted by Gasteiger charge is -2.27. The minimum absolute atomic E-state index is 0.0646. The van der Waals surface area contributed by atoms with Crippen molar-refractivity contribution in [2.75, 3.05) is 6.61 Å². The Hall–Kier alpha value is -1.03. The summed E-state index contributed by atoms with van der Waals surface area (Å²) in [5, 5.41) is 3.20. The summed E-state index contributed by atoms with van der Waals surface area (Å²) in [5.74, 6) is 0.938. The van der Waals surface area contributed by atoms with E-state index in [0.29, 0.717) is 11.4 Å². The monoisotopic (exact) mass is 323 g/mol. The number of amides is 1. The molecule has 0 spiro atoms. The van der Waals surface area contributed by atoms with E-state index in [1.54, 1.807) is 0 Å². The number of rotatable bonds is 2. The van der Waals surface area contributed by atoms with Crippen molar-refractivity contribution in [2.45, 2.75) is 42.5 Å². The topological polar surface area (TPSA) is 38.3 Å². The highest BCUT2D eigenvalue weighted by Crippen LogP contribution is 2.34. The van der Waals surface area contributed by atoms with Crippen LogP contribution in [0.1, 0.15) is 37.2 Å². The molecule has 1 saturated carbocycles. The molecular weight excluding hydrogens is 306 g/mol. The minimum Gasteiger partial charge on any atom is -0.493 e. The van der Waals surface area contributed by atoms with E-state index < -0.39 is 0 Å². The predicted octanol–water partition coefficient (Wildman–Crippen LogP) is 2.98. The van der Waals surface area contributed by atoms with Crippen LogP contribution in [0.3, 0.4) is 0 Å². The summed E-state index contributed by atoms with van der Waals surface area (Å²) in [7, 11) is 0. The molecule has 1 aromatic carbocycles. The molecule has 3 atom stereocenters. The summed E-state index contributed by atoms with van der Waals surface area (Å²) in [6.45, 7) is 0.623. The molecule has 1 N–H and O–H groups in total. The number of hydrogen-bond donors (Lipinski definition) is 1. The Morgan fingerprint density at radius 1 is 1.26 bits per heavy atom. The lowest BCUT2D eigenvalue weighted by Crippen LogP contribution is -2.41. The molecule has 3 nitrogen and oxygen atoms in total. The normalized spacial score (nSPS) is 29.4. The van der Waals surface area contributed by atoms with Gasteiger partial charge in [-0.2, -0.15) is 0 Å². The minimum atomic E-state index is -0.0646. The molecule has 0 radical (unpaired) electrons. The van der Waals surface area contributed by atoms with E-state index in [9.17, 15) is 4.79 Å². The number of hydrogen-bond acceptors (Lipinski definition) is 2. The zero-order valence-electron chi connectivity index (χ0n) is 10.8. The SMILES string of the molecule is O=C(NC1CCCC1Br)C1CCOc2ccccc21. The van der Waals surface area contributed by atoms with Crippen molar-refractivity contribution in [2.24, 2.45) is 0 Å². The average Bonchev–Trinajstić information content (AvgIpc) is 2.83. The van der Waals surface area contributed by atoms with Crippen LogP contribution in [0.5, 0.6) is 5.75 Å². The van der Waals surface area contributed by atoms with E-state index in [2.05, 4.69) is 21.2 Å². The molecule has 4 heteroatoms. The molecule has 19 heavy (non-hydrogen) atoms. The maximum absolute atomic E-state index is 12.5. The number of benzene rings is 1. The number of carbonyl (C=O) groups is 1. The number of para-hydroxylation sites is 1. The highest BCUT2D eigenvalue weighted by atomic mass is 79.9. The first-order valence-corrected chi connectivity index (χ1v) is 7.83. The van der Waals surface area contributed by atoms with Crippen LogP contribution >= 0.6 is 15.9 Å². The Balaban J connectivity index is 1.74. The van der Waals surface area contributed by atoms with Gasteiger partial charge in [-0.1, -0.05) is 40.5 Å². The molecule has 2 aliphatic rings. The third-order valence-corrected chi connectivity index (χ3v) is 5.13. The maximum atomic E-state index is 12.5. The smallest absolute Gasteiger partial charge is 0.228 e. The molecule has 1 amide bonds. The van der Waals surface area contributed by atoms with Crippen LogP contribution in [0, 0.1) is 0 Å². The van der Waals surface area contributed by atoms with E-state index in [1.807, 2.05) is 24.3 Å². The summed E-state index contributed by atoms with van der Waals surface area (Å²) in [4.78, 5) is 12.9. The maximum Gasteiger partial charge on any atom is 0.228 e. The van der Waals surface area contributed by atoms with Crippen molar-refractivity contribution in [3.8, 4) is 5.75 Å². The van der Waals surface area contributed by atoms with Gasteiger partial charge < -0.3 is 10.1 Å². The third-order valence-electron chi connectivity index (χ3n) is 4.03. The van der Waals surface area contributed by atoms with Gasteiger partial charge in [0.05, 0.1) is 12.5 Å². The second-order valence-electron chi connectivity index (χ2n) is 5.29. The summed E-state index contributed by atoms with van der Waals surface area (Å²) >= 11 is 3.65. The number of ether oxygens (including phenoxy) is 1. The Morgan fingerprint density at radius 2 is 2.11 bits per heavy atom. The zero-order chi connectivity index (χ0) is 13.2. The molecule has 1 aliphatic heterocycles. The fourth-order valence-electron chi connectivity index (χ4n) is 2.98. The standard InChI is InChI=1S/C15H18BrNO2/c16-12-5-3-6-13(12)17-15(18)11-8-9-19-14-7-2-1-4-10(11)14/h1-2,4,7,11-13H,3,5-6,8-9H2,(H,17,18). The van der Waals surface area contributed by atoms with Crippen molar-refractivity contribution in [3.05, 3.63) is 29.8 Å². The number of carbonyl (C=O) groups excluding carboxylic acids is 1. The van der Waals surface area contributed by atoms with E-state index >= 15 is 0 Å². The fourth-order valence-corrected chi connectivity index (χ4v) is 3.70. The second kappa shape index (κ2) is 5.53. The first-order chi connectivity index (χ1) is 9.25. The number of halogens is 1. The van der Waals surface area contributed by atoms with Crippen molar-refractivity contribution >= 4 is 21.8 Å². The van der Waals surface area contributed by atoms with Crippen LogP contribution in [0.15, 0.2) is 24.3 Å². The Kier molecular flexibility index (Phi) is 3.78. The molecule has 3 rings (SSSR count).